The van der Waals surface area contributed by atoms with Crippen LogP contribution in [-0.4, -0.2) is 54.7 Å². The smallest absolute Gasteiger partial charge is 0.143 e. The van der Waals surface area contributed by atoms with Gasteiger partial charge in [0, 0.05) is 13.1 Å². The third-order valence-corrected chi connectivity index (χ3v) is 5.23. The molecule has 0 aromatic carbocycles. The second-order valence-corrected chi connectivity index (χ2v) is 6.67. The predicted octanol–water partition coefficient (Wildman–Crippen LogP) is 2.53. The molecule has 0 amide bonds. The van der Waals surface area contributed by atoms with Crippen LogP contribution in [0.15, 0.2) is 24.1 Å². The van der Waals surface area contributed by atoms with Crippen molar-refractivity contribution in [2.45, 2.75) is 31.5 Å². The summed E-state index contributed by atoms with van der Waals surface area (Å²) >= 11 is 0. The van der Waals surface area contributed by atoms with E-state index >= 15 is 0 Å². The molecule has 2 unspecified atom stereocenters. The molecule has 0 aromatic rings. The van der Waals surface area contributed by atoms with Crippen LogP contribution in [0.2, 0.25) is 0 Å². The molecule has 0 aromatic heterocycles. The fourth-order valence-corrected chi connectivity index (χ4v) is 3.50. The summed E-state index contributed by atoms with van der Waals surface area (Å²) in [5.41, 5.74) is -0.285. The van der Waals surface area contributed by atoms with E-state index in [1.165, 1.54) is 18.9 Å². The molecule has 0 saturated carbocycles. The van der Waals surface area contributed by atoms with E-state index in [-0.39, 0.29) is 0 Å². The lowest BCUT2D eigenvalue weighted by Gasteiger charge is -2.59. The molecule has 2 nitrogen and oxygen atoms in total. The van der Waals surface area contributed by atoms with E-state index in [4.69, 9.17) is 0 Å². The van der Waals surface area contributed by atoms with Gasteiger partial charge >= 0.3 is 0 Å². The maximum absolute atomic E-state index is 14.2. The number of rotatable bonds is 1. The van der Waals surface area contributed by atoms with Crippen LogP contribution < -0.4 is 0 Å². The third-order valence-electron chi connectivity index (χ3n) is 5.23. The highest BCUT2D eigenvalue weighted by Crippen LogP contribution is 2.45. The largest absolute Gasteiger partial charge is 0.306 e. The van der Waals surface area contributed by atoms with Crippen LogP contribution in [0.25, 0.3) is 0 Å². The minimum Gasteiger partial charge on any atom is -0.306 e. The van der Waals surface area contributed by atoms with Gasteiger partial charge in [-0.2, -0.15) is 0 Å². The third kappa shape index (κ3) is 2.15. The van der Waals surface area contributed by atoms with Crippen molar-refractivity contribution in [3.63, 3.8) is 0 Å². The van der Waals surface area contributed by atoms with Gasteiger partial charge in [0.15, 0.2) is 0 Å². The number of hydrogen-bond acceptors (Lipinski definition) is 2. The van der Waals surface area contributed by atoms with Gasteiger partial charge in [-0.3, -0.25) is 4.90 Å². The Morgan fingerprint density at radius 1 is 1.26 bits per heavy atom. The summed E-state index contributed by atoms with van der Waals surface area (Å²) < 4.78 is 27.2. The van der Waals surface area contributed by atoms with Gasteiger partial charge in [0.05, 0.1) is 5.54 Å². The van der Waals surface area contributed by atoms with E-state index in [0.29, 0.717) is 5.41 Å². The zero-order valence-electron chi connectivity index (χ0n) is 11.7. The number of alkyl halides is 1. The molecule has 1 aliphatic carbocycles. The van der Waals surface area contributed by atoms with E-state index in [0.717, 1.165) is 32.3 Å². The van der Waals surface area contributed by atoms with Gasteiger partial charge in [-0.15, -0.1) is 0 Å². The van der Waals surface area contributed by atoms with Crippen LogP contribution in [0.3, 0.4) is 0 Å². The first-order valence-electron chi connectivity index (χ1n) is 7.08. The van der Waals surface area contributed by atoms with Crippen LogP contribution in [0.4, 0.5) is 8.78 Å². The molecule has 2 fully saturated rings. The van der Waals surface area contributed by atoms with E-state index in [9.17, 15) is 8.78 Å². The number of piperidine rings is 1. The van der Waals surface area contributed by atoms with Crippen molar-refractivity contribution in [1.29, 1.82) is 0 Å². The van der Waals surface area contributed by atoms with Crippen molar-refractivity contribution in [1.82, 2.24) is 9.80 Å². The van der Waals surface area contributed by atoms with Gasteiger partial charge in [0.1, 0.15) is 12.0 Å². The average Bonchev–Trinajstić information content (AvgIpc) is 2.33. The summed E-state index contributed by atoms with van der Waals surface area (Å²) in [7, 11) is 2.15. The quantitative estimate of drug-likeness (QED) is 0.721. The molecule has 0 radical (unpaired) electrons. The summed E-state index contributed by atoms with van der Waals surface area (Å²) in [4.78, 5) is 4.52. The highest BCUT2D eigenvalue weighted by Gasteiger charge is 2.52. The molecule has 106 valence electrons. The summed E-state index contributed by atoms with van der Waals surface area (Å²) in [6.07, 6.45) is 5.33. The molecular weight excluding hydrogens is 246 g/mol. The van der Waals surface area contributed by atoms with Gasteiger partial charge in [0.2, 0.25) is 0 Å². The number of likely N-dealkylation sites (tertiary alicyclic amines) is 2. The zero-order chi connectivity index (χ0) is 13.7. The Bertz CT molecular complexity index is 416. The van der Waals surface area contributed by atoms with Gasteiger partial charge in [0.25, 0.3) is 0 Å². The van der Waals surface area contributed by atoms with Gasteiger partial charge in [-0.05, 0) is 57.5 Å². The highest BCUT2D eigenvalue weighted by molar-refractivity contribution is 5.30. The molecule has 3 rings (SSSR count). The van der Waals surface area contributed by atoms with E-state index in [2.05, 4.69) is 16.8 Å². The maximum Gasteiger partial charge on any atom is 0.143 e. The summed E-state index contributed by atoms with van der Waals surface area (Å²) in [5, 5.41) is 0. The standard InChI is InChI=1S/C15H22F2N2/c1-14(4-3-12(16)9-13(14)17)19-10-15(11-19)5-7-18(2)8-6-15/h3-4,9,13H,5-8,10-11H2,1-2H3. The maximum atomic E-state index is 14.2. The number of halogens is 2. The molecule has 19 heavy (non-hydrogen) atoms. The topological polar surface area (TPSA) is 6.48 Å². The molecule has 0 bridgehead atoms. The fourth-order valence-electron chi connectivity index (χ4n) is 3.50. The van der Waals surface area contributed by atoms with Crippen LogP contribution in [-0.2, 0) is 0 Å². The number of allylic oxidation sites excluding steroid dienone is 2. The monoisotopic (exact) mass is 268 g/mol. The second kappa shape index (κ2) is 4.38. The van der Waals surface area contributed by atoms with Crippen molar-refractivity contribution in [2.24, 2.45) is 5.41 Å². The molecule has 3 aliphatic rings. The highest BCUT2D eigenvalue weighted by atomic mass is 19.1. The Balaban J connectivity index is 1.66. The lowest BCUT2D eigenvalue weighted by Crippen LogP contribution is -2.68. The molecule has 2 saturated heterocycles. The van der Waals surface area contributed by atoms with Crippen LogP contribution in [0, 0.1) is 5.41 Å². The Labute approximate surface area is 113 Å². The van der Waals surface area contributed by atoms with Crippen molar-refractivity contribution in [3.8, 4) is 0 Å². The number of nitrogens with zero attached hydrogens (tertiary/aromatic N) is 2. The van der Waals surface area contributed by atoms with Crippen molar-refractivity contribution >= 4 is 0 Å². The molecule has 2 atom stereocenters. The normalized spacial score (nSPS) is 39.2. The first-order chi connectivity index (χ1) is 8.93. The van der Waals surface area contributed by atoms with Crippen molar-refractivity contribution < 1.29 is 8.78 Å². The van der Waals surface area contributed by atoms with Gasteiger partial charge in [-0.25, -0.2) is 8.78 Å². The average molecular weight is 268 g/mol. The predicted molar refractivity (Wildman–Crippen MR) is 72.4 cm³/mol. The summed E-state index contributed by atoms with van der Waals surface area (Å²) in [5.74, 6) is -0.459. The Morgan fingerprint density at radius 2 is 1.89 bits per heavy atom. The molecule has 2 heterocycles. The minimum absolute atomic E-state index is 0.378. The number of hydrogen-bond donors (Lipinski definition) is 0. The van der Waals surface area contributed by atoms with Crippen molar-refractivity contribution in [2.75, 3.05) is 33.2 Å². The Morgan fingerprint density at radius 3 is 2.47 bits per heavy atom. The van der Waals surface area contributed by atoms with Gasteiger partial charge in [-0.1, -0.05) is 6.08 Å². The molecular formula is C15H22F2N2. The van der Waals surface area contributed by atoms with Crippen LogP contribution in [0.5, 0.6) is 0 Å². The molecule has 4 heteroatoms. The zero-order valence-corrected chi connectivity index (χ0v) is 11.7. The summed E-state index contributed by atoms with van der Waals surface area (Å²) in [6.45, 7) is 6.02. The van der Waals surface area contributed by atoms with Gasteiger partial charge < -0.3 is 4.90 Å². The van der Waals surface area contributed by atoms with E-state index in [1.807, 2.05) is 6.92 Å². The van der Waals surface area contributed by atoms with Crippen LogP contribution in [0.1, 0.15) is 19.8 Å². The van der Waals surface area contributed by atoms with Crippen LogP contribution >= 0.6 is 0 Å². The van der Waals surface area contributed by atoms with Crippen molar-refractivity contribution in [3.05, 3.63) is 24.1 Å². The lowest BCUT2D eigenvalue weighted by molar-refractivity contribution is -0.0984. The summed E-state index contributed by atoms with van der Waals surface area (Å²) in [6, 6.07) is 0. The molecule has 1 spiro atoms. The van der Waals surface area contributed by atoms with E-state index in [1.54, 1.807) is 6.08 Å². The van der Waals surface area contributed by atoms with E-state index < -0.39 is 17.5 Å². The molecule has 0 N–H and O–H groups in total. The fraction of sp³-hybridized carbons (Fsp3) is 0.733. The minimum atomic E-state index is -1.25. The SMILES string of the molecule is CN1CCC2(CC1)CN(C1(C)C=CC(F)=CC1F)C2. The molecule has 2 aliphatic heterocycles. The first-order valence-corrected chi connectivity index (χ1v) is 7.08. The second-order valence-electron chi connectivity index (χ2n) is 6.67. The Hall–Kier alpha value is -0.740. The first kappa shape index (κ1) is 13.3. The lowest BCUT2D eigenvalue weighted by atomic mass is 9.69. The Kier molecular flexibility index (Phi) is 3.06.